The summed E-state index contributed by atoms with van der Waals surface area (Å²) in [7, 11) is 0. The van der Waals surface area contributed by atoms with Crippen molar-refractivity contribution >= 4 is 0 Å². The molecule has 1 saturated heterocycles. The van der Waals surface area contributed by atoms with Crippen LogP contribution in [0.15, 0.2) is 24.3 Å². The van der Waals surface area contributed by atoms with Crippen LogP contribution in [0.5, 0.6) is 5.75 Å². The summed E-state index contributed by atoms with van der Waals surface area (Å²) >= 11 is 0. The molecule has 21 heavy (non-hydrogen) atoms. The Hall–Kier alpha value is -1.06. The fourth-order valence-corrected chi connectivity index (χ4v) is 3.48. The molecule has 2 unspecified atom stereocenters. The molecule has 116 valence electrons. The van der Waals surface area contributed by atoms with Gasteiger partial charge in [-0.3, -0.25) is 0 Å². The summed E-state index contributed by atoms with van der Waals surface area (Å²) in [4.78, 5) is 0. The Bertz CT molecular complexity index is 470. The lowest BCUT2D eigenvalue weighted by Crippen LogP contribution is -2.48. The molecule has 3 heteroatoms. The molecule has 1 heterocycles. The zero-order valence-electron chi connectivity index (χ0n) is 13.2. The van der Waals surface area contributed by atoms with Gasteiger partial charge in [0.1, 0.15) is 11.9 Å². The lowest BCUT2D eigenvalue weighted by molar-refractivity contribution is -0.153. The maximum atomic E-state index is 6.25. The molecule has 0 radical (unpaired) electrons. The number of benzene rings is 1. The van der Waals surface area contributed by atoms with Crippen molar-refractivity contribution in [1.29, 1.82) is 0 Å². The van der Waals surface area contributed by atoms with Crippen molar-refractivity contribution in [2.24, 2.45) is 0 Å². The summed E-state index contributed by atoms with van der Waals surface area (Å²) in [5, 5.41) is 3.45. The molecule has 1 aliphatic carbocycles. The van der Waals surface area contributed by atoms with Crippen molar-refractivity contribution < 1.29 is 9.47 Å². The Morgan fingerprint density at radius 1 is 1.43 bits per heavy atom. The molecular weight excluding hydrogens is 262 g/mol. The zero-order chi connectivity index (χ0) is 14.7. The molecular formula is C18H27NO2. The molecule has 1 saturated carbocycles. The molecule has 2 atom stereocenters. The fraction of sp³-hybridized carbons (Fsp3) is 0.667. The summed E-state index contributed by atoms with van der Waals surface area (Å²) in [5.74, 6) is 0.999. The maximum Gasteiger partial charge on any atom is 0.120 e. The van der Waals surface area contributed by atoms with Gasteiger partial charge in [0.15, 0.2) is 0 Å². The first-order valence-electron chi connectivity index (χ1n) is 8.35. The van der Waals surface area contributed by atoms with E-state index in [1.807, 2.05) is 0 Å². The van der Waals surface area contributed by atoms with Crippen LogP contribution in [0, 0.1) is 0 Å². The van der Waals surface area contributed by atoms with Crippen LogP contribution in [0.4, 0.5) is 0 Å². The molecule has 1 aliphatic heterocycles. The maximum absolute atomic E-state index is 6.25. The van der Waals surface area contributed by atoms with E-state index in [1.54, 1.807) is 0 Å². The standard InChI is InChI=1S/C18H27NO2/c1-3-19-14(2)15-6-4-7-16(12-15)21-17-8-11-20-18(13-17)9-5-10-18/h4,6-7,12,14,17,19H,3,5,8-11,13H2,1-2H3. The average molecular weight is 289 g/mol. The van der Waals surface area contributed by atoms with Gasteiger partial charge in [-0.1, -0.05) is 19.1 Å². The minimum absolute atomic E-state index is 0.150. The average Bonchev–Trinajstić information content (AvgIpc) is 2.46. The molecule has 3 rings (SSSR count). The Balaban J connectivity index is 1.63. The monoisotopic (exact) mass is 289 g/mol. The van der Waals surface area contributed by atoms with Crippen molar-refractivity contribution in [2.45, 2.75) is 63.7 Å². The molecule has 0 amide bonds. The summed E-state index contributed by atoms with van der Waals surface area (Å²) < 4.78 is 12.2. The van der Waals surface area contributed by atoms with Crippen LogP contribution in [0.25, 0.3) is 0 Å². The summed E-state index contributed by atoms with van der Waals surface area (Å²) in [6.45, 7) is 6.16. The first-order valence-corrected chi connectivity index (χ1v) is 8.35. The third-order valence-electron chi connectivity index (χ3n) is 4.88. The lowest BCUT2D eigenvalue weighted by Gasteiger charge is -2.46. The van der Waals surface area contributed by atoms with Gasteiger partial charge in [0.2, 0.25) is 0 Å². The Labute approximate surface area is 128 Å². The van der Waals surface area contributed by atoms with Crippen molar-refractivity contribution in [3.05, 3.63) is 29.8 Å². The number of hydrogen-bond acceptors (Lipinski definition) is 3. The van der Waals surface area contributed by atoms with Gasteiger partial charge in [-0.25, -0.2) is 0 Å². The van der Waals surface area contributed by atoms with Crippen LogP contribution >= 0.6 is 0 Å². The van der Waals surface area contributed by atoms with Gasteiger partial charge in [-0.15, -0.1) is 0 Å². The van der Waals surface area contributed by atoms with Gasteiger partial charge in [0, 0.05) is 18.9 Å². The van der Waals surface area contributed by atoms with Gasteiger partial charge >= 0.3 is 0 Å². The zero-order valence-corrected chi connectivity index (χ0v) is 13.2. The van der Waals surface area contributed by atoms with E-state index >= 15 is 0 Å². The van der Waals surface area contributed by atoms with Crippen LogP contribution in [0.3, 0.4) is 0 Å². The molecule has 0 aromatic heterocycles. The van der Waals surface area contributed by atoms with Crippen LogP contribution in [0.2, 0.25) is 0 Å². The molecule has 1 N–H and O–H groups in total. The largest absolute Gasteiger partial charge is 0.490 e. The first kappa shape index (κ1) is 14.9. The van der Waals surface area contributed by atoms with E-state index in [0.29, 0.717) is 12.1 Å². The highest BCUT2D eigenvalue weighted by Crippen LogP contribution is 2.43. The quantitative estimate of drug-likeness (QED) is 0.893. The molecule has 0 bridgehead atoms. The highest BCUT2D eigenvalue weighted by atomic mass is 16.5. The predicted molar refractivity (Wildman–Crippen MR) is 84.7 cm³/mol. The third-order valence-corrected chi connectivity index (χ3v) is 4.88. The summed E-state index contributed by atoms with van der Waals surface area (Å²) in [6, 6.07) is 8.88. The Morgan fingerprint density at radius 2 is 2.29 bits per heavy atom. The molecule has 1 aromatic rings. The van der Waals surface area contributed by atoms with Crippen molar-refractivity contribution in [2.75, 3.05) is 13.2 Å². The highest BCUT2D eigenvalue weighted by molar-refractivity contribution is 5.30. The molecule has 1 spiro atoms. The van der Waals surface area contributed by atoms with Crippen LogP contribution in [0.1, 0.15) is 57.6 Å². The second-order valence-corrected chi connectivity index (χ2v) is 6.47. The van der Waals surface area contributed by atoms with Gasteiger partial charge in [-0.2, -0.15) is 0 Å². The van der Waals surface area contributed by atoms with E-state index in [-0.39, 0.29) is 5.60 Å². The van der Waals surface area contributed by atoms with E-state index in [1.165, 1.54) is 24.8 Å². The number of nitrogens with one attached hydrogen (secondary N) is 1. The van der Waals surface area contributed by atoms with Gasteiger partial charge in [-0.05, 0) is 50.4 Å². The summed E-state index contributed by atoms with van der Waals surface area (Å²) in [5.41, 5.74) is 1.44. The van der Waals surface area contributed by atoms with E-state index in [4.69, 9.17) is 9.47 Å². The van der Waals surface area contributed by atoms with Crippen molar-refractivity contribution in [3.63, 3.8) is 0 Å². The molecule has 3 nitrogen and oxygen atoms in total. The summed E-state index contributed by atoms with van der Waals surface area (Å²) in [6.07, 6.45) is 6.11. The second-order valence-electron chi connectivity index (χ2n) is 6.47. The second kappa shape index (κ2) is 6.37. The smallest absolute Gasteiger partial charge is 0.120 e. The lowest BCUT2D eigenvalue weighted by atomic mass is 9.74. The van der Waals surface area contributed by atoms with Crippen LogP contribution < -0.4 is 10.1 Å². The number of ether oxygens (including phenoxy) is 2. The highest BCUT2D eigenvalue weighted by Gasteiger charge is 2.43. The minimum Gasteiger partial charge on any atom is -0.490 e. The van der Waals surface area contributed by atoms with E-state index in [9.17, 15) is 0 Å². The van der Waals surface area contributed by atoms with Gasteiger partial charge in [0.25, 0.3) is 0 Å². The topological polar surface area (TPSA) is 30.5 Å². The normalized spacial score (nSPS) is 25.3. The van der Waals surface area contributed by atoms with E-state index in [2.05, 4.69) is 43.4 Å². The van der Waals surface area contributed by atoms with Crippen molar-refractivity contribution in [1.82, 2.24) is 5.32 Å². The fourth-order valence-electron chi connectivity index (χ4n) is 3.48. The molecule has 2 aliphatic rings. The Morgan fingerprint density at radius 3 is 3.00 bits per heavy atom. The molecule has 1 aromatic carbocycles. The van der Waals surface area contributed by atoms with Crippen LogP contribution in [-0.2, 0) is 4.74 Å². The molecule has 2 fully saturated rings. The van der Waals surface area contributed by atoms with E-state index in [0.717, 1.165) is 31.7 Å². The van der Waals surface area contributed by atoms with Gasteiger partial charge < -0.3 is 14.8 Å². The number of rotatable bonds is 5. The minimum atomic E-state index is 0.150. The Kier molecular flexibility index (Phi) is 4.51. The predicted octanol–water partition coefficient (Wildman–Crippen LogP) is 3.84. The SMILES string of the molecule is CCNC(C)c1cccc(OC2CCOC3(CCC3)C2)c1. The third kappa shape index (κ3) is 3.41. The van der Waals surface area contributed by atoms with E-state index < -0.39 is 0 Å². The van der Waals surface area contributed by atoms with Crippen LogP contribution in [-0.4, -0.2) is 24.9 Å². The van der Waals surface area contributed by atoms with Crippen molar-refractivity contribution in [3.8, 4) is 5.75 Å². The number of hydrogen-bond donors (Lipinski definition) is 1. The van der Waals surface area contributed by atoms with Gasteiger partial charge in [0.05, 0.1) is 12.2 Å². The first-order chi connectivity index (χ1) is 10.2.